The molecule has 1 fully saturated rings. The molecule has 1 aliphatic rings. The number of halogens is 1. The van der Waals surface area contributed by atoms with Crippen molar-refractivity contribution in [3.05, 3.63) is 69.6 Å². The van der Waals surface area contributed by atoms with Crippen molar-refractivity contribution in [2.45, 2.75) is 33.8 Å². The number of nitrogens with zero attached hydrogens (tertiary/aromatic N) is 2. The fourth-order valence-corrected chi connectivity index (χ4v) is 4.43. The predicted octanol–water partition coefficient (Wildman–Crippen LogP) is 5.10. The third-order valence-electron chi connectivity index (χ3n) is 6.33. The van der Waals surface area contributed by atoms with Gasteiger partial charge in [0.25, 0.3) is 5.91 Å². The summed E-state index contributed by atoms with van der Waals surface area (Å²) in [7, 11) is 1.56. The monoisotopic (exact) mass is 483 g/mol. The van der Waals surface area contributed by atoms with Crippen molar-refractivity contribution >= 4 is 23.2 Å². The van der Waals surface area contributed by atoms with Gasteiger partial charge < -0.3 is 24.2 Å². The number of hydrogen-bond acceptors (Lipinski definition) is 6. The van der Waals surface area contributed by atoms with E-state index < -0.39 is 0 Å². The molecule has 1 unspecified atom stereocenters. The van der Waals surface area contributed by atoms with Crippen molar-refractivity contribution in [1.29, 1.82) is 0 Å². The Morgan fingerprint density at radius 3 is 2.76 bits per heavy atom. The lowest BCUT2D eigenvalue weighted by molar-refractivity contribution is 0.0948. The average Bonchev–Trinajstić information content (AvgIpc) is 3.43. The summed E-state index contributed by atoms with van der Waals surface area (Å²) in [5, 5.41) is 7.75. The van der Waals surface area contributed by atoms with Gasteiger partial charge in [-0.1, -0.05) is 22.8 Å². The highest BCUT2D eigenvalue weighted by Gasteiger charge is 2.24. The van der Waals surface area contributed by atoms with E-state index in [4.69, 9.17) is 25.6 Å². The molecule has 0 spiro atoms. The second kappa shape index (κ2) is 10.4. The topological polar surface area (TPSA) is 76.8 Å². The molecule has 1 amide bonds. The van der Waals surface area contributed by atoms with Crippen LogP contribution < -0.4 is 19.7 Å². The van der Waals surface area contributed by atoms with E-state index in [1.54, 1.807) is 25.3 Å². The lowest BCUT2D eigenvalue weighted by Crippen LogP contribution is -2.31. The van der Waals surface area contributed by atoms with Gasteiger partial charge in [0.1, 0.15) is 12.4 Å². The Morgan fingerprint density at radius 2 is 2.03 bits per heavy atom. The van der Waals surface area contributed by atoms with Crippen LogP contribution in [0.5, 0.6) is 11.5 Å². The first-order chi connectivity index (χ1) is 16.4. The van der Waals surface area contributed by atoms with Crippen molar-refractivity contribution in [3.63, 3.8) is 0 Å². The van der Waals surface area contributed by atoms with Crippen LogP contribution in [-0.2, 0) is 6.61 Å². The molecule has 0 saturated carbocycles. The summed E-state index contributed by atoms with van der Waals surface area (Å²) in [6.07, 6.45) is 1.02. The van der Waals surface area contributed by atoms with E-state index in [1.807, 2.05) is 32.0 Å². The molecule has 1 aromatic heterocycles. The summed E-state index contributed by atoms with van der Waals surface area (Å²) >= 11 is 6.19. The van der Waals surface area contributed by atoms with Crippen molar-refractivity contribution in [3.8, 4) is 11.5 Å². The van der Waals surface area contributed by atoms with Gasteiger partial charge in [0.05, 0.1) is 18.4 Å². The van der Waals surface area contributed by atoms with Crippen LogP contribution in [0.3, 0.4) is 0 Å². The summed E-state index contributed by atoms with van der Waals surface area (Å²) in [6, 6.07) is 11.2. The Kier molecular flexibility index (Phi) is 7.32. The standard InChI is InChI=1S/C26H30ClN3O4/c1-16-5-7-21(27)12-23(16)30-10-9-19(14-30)13-28-26(31)20-6-8-24(25(11-20)32-4)33-15-22-17(2)29-34-18(22)3/h5-8,11-12,19H,9-10,13-15H2,1-4H3,(H,28,31). The van der Waals surface area contributed by atoms with Crippen LogP contribution in [0.4, 0.5) is 5.69 Å². The summed E-state index contributed by atoms with van der Waals surface area (Å²) in [5.74, 6) is 2.03. The minimum absolute atomic E-state index is 0.132. The molecule has 1 saturated heterocycles. The fraction of sp³-hybridized carbons (Fsp3) is 0.385. The van der Waals surface area contributed by atoms with Gasteiger partial charge in [0.15, 0.2) is 11.5 Å². The summed E-state index contributed by atoms with van der Waals surface area (Å²) < 4.78 is 16.6. The molecular weight excluding hydrogens is 454 g/mol. The molecule has 8 heteroatoms. The molecule has 1 aliphatic heterocycles. The third kappa shape index (κ3) is 5.30. The van der Waals surface area contributed by atoms with Crippen molar-refractivity contribution < 1.29 is 18.8 Å². The number of anilines is 1. The number of aryl methyl sites for hydroxylation is 3. The average molecular weight is 484 g/mol. The first-order valence-corrected chi connectivity index (χ1v) is 11.8. The van der Waals surface area contributed by atoms with Crippen molar-refractivity contribution in [1.82, 2.24) is 10.5 Å². The predicted molar refractivity (Wildman–Crippen MR) is 132 cm³/mol. The number of benzene rings is 2. The molecule has 3 aromatic rings. The molecular formula is C26H30ClN3O4. The number of hydrogen-bond donors (Lipinski definition) is 1. The Labute approximate surface area is 205 Å². The van der Waals surface area contributed by atoms with Crippen molar-refractivity contribution in [2.75, 3.05) is 31.6 Å². The Hall–Kier alpha value is -3.19. The van der Waals surface area contributed by atoms with E-state index in [1.165, 1.54) is 11.3 Å². The summed E-state index contributed by atoms with van der Waals surface area (Å²) in [4.78, 5) is 15.1. The van der Waals surface area contributed by atoms with Gasteiger partial charge in [-0.05, 0) is 69.0 Å². The van der Waals surface area contributed by atoms with Gasteiger partial charge in [-0.25, -0.2) is 0 Å². The smallest absolute Gasteiger partial charge is 0.251 e. The minimum atomic E-state index is -0.132. The number of rotatable bonds is 8. The van der Waals surface area contributed by atoms with E-state index in [2.05, 4.69) is 22.3 Å². The number of aromatic nitrogens is 1. The Balaban J connectivity index is 1.34. The van der Waals surface area contributed by atoms with Gasteiger partial charge in [-0.3, -0.25) is 4.79 Å². The largest absolute Gasteiger partial charge is 0.493 e. The van der Waals surface area contributed by atoms with E-state index in [9.17, 15) is 4.79 Å². The normalized spacial score (nSPS) is 15.4. The van der Waals surface area contributed by atoms with Crippen molar-refractivity contribution in [2.24, 2.45) is 5.92 Å². The summed E-state index contributed by atoms with van der Waals surface area (Å²) in [6.45, 7) is 8.58. The Bertz CT molecular complexity index is 1160. The highest BCUT2D eigenvalue weighted by atomic mass is 35.5. The number of carbonyl (C=O) groups is 1. The zero-order chi connectivity index (χ0) is 24.2. The maximum Gasteiger partial charge on any atom is 0.251 e. The third-order valence-corrected chi connectivity index (χ3v) is 6.56. The molecule has 7 nitrogen and oxygen atoms in total. The zero-order valence-electron chi connectivity index (χ0n) is 20.0. The van der Waals surface area contributed by atoms with Gasteiger partial charge in [0.2, 0.25) is 0 Å². The highest BCUT2D eigenvalue weighted by molar-refractivity contribution is 6.30. The molecule has 0 bridgehead atoms. The number of carbonyl (C=O) groups excluding carboxylic acids is 1. The lowest BCUT2D eigenvalue weighted by atomic mass is 10.1. The maximum atomic E-state index is 12.8. The second-order valence-corrected chi connectivity index (χ2v) is 9.14. The highest BCUT2D eigenvalue weighted by Crippen LogP contribution is 2.31. The van der Waals surface area contributed by atoms with Gasteiger partial charge >= 0.3 is 0 Å². The minimum Gasteiger partial charge on any atom is -0.493 e. The van der Waals surface area contributed by atoms with E-state index >= 15 is 0 Å². The Morgan fingerprint density at radius 1 is 1.21 bits per heavy atom. The van der Waals surface area contributed by atoms with E-state index in [-0.39, 0.29) is 5.91 Å². The van der Waals surface area contributed by atoms with Gasteiger partial charge in [-0.2, -0.15) is 0 Å². The first kappa shape index (κ1) is 24.0. The molecule has 0 radical (unpaired) electrons. The lowest BCUT2D eigenvalue weighted by Gasteiger charge is -2.21. The molecule has 0 aliphatic carbocycles. The van der Waals surface area contributed by atoms with Gasteiger partial charge in [0, 0.05) is 35.9 Å². The fourth-order valence-electron chi connectivity index (χ4n) is 4.27. The molecule has 34 heavy (non-hydrogen) atoms. The number of ether oxygens (including phenoxy) is 2. The summed E-state index contributed by atoms with van der Waals surface area (Å²) in [5.41, 5.74) is 4.60. The van der Waals surface area contributed by atoms with Crippen LogP contribution in [0, 0.1) is 26.7 Å². The first-order valence-electron chi connectivity index (χ1n) is 11.4. The van der Waals surface area contributed by atoms with Crippen LogP contribution in [-0.4, -0.2) is 37.8 Å². The quantitative estimate of drug-likeness (QED) is 0.480. The molecule has 2 heterocycles. The van der Waals surface area contributed by atoms with Crippen LogP contribution in [0.15, 0.2) is 40.9 Å². The molecule has 180 valence electrons. The SMILES string of the molecule is COc1cc(C(=O)NCC2CCN(c3cc(Cl)ccc3C)C2)ccc1OCc1c(C)noc1C. The van der Waals surface area contributed by atoms with Crippen LogP contribution in [0.25, 0.3) is 0 Å². The number of nitrogens with one attached hydrogen (secondary N) is 1. The van der Waals surface area contributed by atoms with Crippen LogP contribution >= 0.6 is 11.6 Å². The van der Waals surface area contributed by atoms with Crippen LogP contribution in [0.2, 0.25) is 5.02 Å². The maximum absolute atomic E-state index is 12.8. The number of methoxy groups -OCH3 is 1. The van der Waals surface area contributed by atoms with Crippen LogP contribution in [0.1, 0.15) is 39.4 Å². The molecule has 1 N–H and O–H groups in total. The van der Waals surface area contributed by atoms with E-state index in [0.29, 0.717) is 36.1 Å². The van der Waals surface area contributed by atoms with Gasteiger partial charge in [-0.15, -0.1) is 0 Å². The molecule has 2 aromatic carbocycles. The zero-order valence-corrected chi connectivity index (χ0v) is 20.7. The molecule has 1 atom stereocenters. The number of amides is 1. The van der Waals surface area contributed by atoms with E-state index in [0.717, 1.165) is 41.6 Å². The second-order valence-electron chi connectivity index (χ2n) is 8.70. The molecule has 4 rings (SSSR count).